The number of nitrogens with zero attached hydrogens (tertiary/aromatic N) is 2. The largest absolute Gasteiger partial charge is 0.275 e. The Morgan fingerprint density at radius 3 is 2.82 bits per heavy atom. The van der Waals surface area contributed by atoms with Gasteiger partial charge in [-0.25, -0.2) is 0 Å². The van der Waals surface area contributed by atoms with E-state index >= 15 is 0 Å². The van der Waals surface area contributed by atoms with Gasteiger partial charge in [-0.15, -0.1) is 11.6 Å². The quantitative estimate of drug-likeness (QED) is 0.637. The zero-order valence-electron chi connectivity index (χ0n) is 6.97. The Hall–Kier alpha value is -0.500. The molecule has 1 aromatic rings. The molecular weight excluding hydrogens is 160 g/mol. The third-order valence-corrected chi connectivity index (χ3v) is 1.96. The van der Waals surface area contributed by atoms with Crippen LogP contribution in [-0.4, -0.2) is 15.7 Å². The Bertz CT molecular complexity index is 230. The fourth-order valence-electron chi connectivity index (χ4n) is 1.15. The number of alkyl halides is 1. The third-order valence-electron chi connectivity index (χ3n) is 1.69. The lowest BCUT2D eigenvalue weighted by Gasteiger charge is -1.93. The summed E-state index contributed by atoms with van der Waals surface area (Å²) in [5.74, 6) is 0.730. The van der Waals surface area contributed by atoms with Gasteiger partial charge in [0.05, 0.1) is 5.69 Å². The van der Waals surface area contributed by atoms with E-state index in [2.05, 4.69) is 11.3 Å². The number of hydrogen-bond acceptors (Lipinski definition) is 1. The minimum absolute atomic E-state index is 0.730. The summed E-state index contributed by atoms with van der Waals surface area (Å²) in [5, 5.41) is 4.24. The topological polar surface area (TPSA) is 17.8 Å². The highest BCUT2D eigenvalue weighted by atomic mass is 35.5. The van der Waals surface area contributed by atoms with E-state index in [1.165, 1.54) is 5.56 Å². The fraction of sp³-hybridized carbons (Fsp3) is 0.625. The molecule has 0 unspecified atom stereocenters. The maximum atomic E-state index is 5.58. The minimum atomic E-state index is 0.730. The van der Waals surface area contributed by atoms with Crippen LogP contribution in [0.25, 0.3) is 0 Å². The van der Waals surface area contributed by atoms with Gasteiger partial charge in [0, 0.05) is 19.1 Å². The zero-order valence-corrected chi connectivity index (χ0v) is 7.73. The van der Waals surface area contributed by atoms with Crippen LogP contribution in [0, 0.1) is 6.92 Å². The highest BCUT2D eigenvalue weighted by molar-refractivity contribution is 6.17. The lowest BCUT2D eigenvalue weighted by Crippen LogP contribution is -1.86. The summed E-state index contributed by atoms with van der Waals surface area (Å²) >= 11 is 5.58. The molecule has 0 saturated carbocycles. The number of halogens is 1. The Labute approximate surface area is 72.2 Å². The van der Waals surface area contributed by atoms with Gasteiger partial charge in [0.15, 0.2) is 0 Å². The summed E-state index contributed by atoms with van der Waals surface area (Å²) in [6.07, 6.45) is 4.14. The molecule has 0 bridgehead atoms. The number of rotatable bonds is 3. The lowest BCUT2D eigenvalue weighted by molar-refractivity contribution is 0.756. The summed E-state index contributed by atoms with van der Waals surface area (Å²) in [6.45, 7) is 2.03. The van der Waals surface area contributed by atoms with Crippen molar-refractivity contribution in [1.82, 2.24) is 9.78 Å². The molecule has 62 valence electrons. The van der Waals surface area contributed by atoms with Crippen molar-refractivity contribution in [3.8, 4) is 0 Å². The molecule has 3 heteroatoms. The average molecular weight is 173 g/mol. The molecular formula is C8H13ClN2. The first-order valence-electron chi connectivity index (χ1n) is 3.79. The number of aryl methyl sites for hydroxylation is 3. The number of hydrogen-bond donors (Lipinski definition) is 0. The van der Waals surface area contributed by atoms with E-state index < -0.39 is 0 Å². The van der Waals surface area contributed by atoms with Crippen LogP contribution in [0.5, 0.6) is 0 Å². The van der Waals surface area contributed by atoms with Crippen LogP contribution >= 0.6 is 11.6 Å². The van der Waals surface area contributed by atoms with Gasteiger partial charge in [-0.3, -0.25) is 4.68 Å². The van der Waals surface area contributed by atoms with Crippen molar-refractivity contribution >= 4 is 11.6 Å². The highest BCUT2D eigenvalue weighted by Gasteiger charge is 2.00. The van der Waals surface area contributed by atoms with E-state index in [1.54, 1.807) is 0 Å². The molecule has 0 amide bonds. The van der Waals surface area contributed by atoms with Gasteiger partial charge in [0.2, 0.25) is 0 Å². The Balaban J connectivity index is 2.62. The minimum Gasteiger partial charge on any atom is -0.275 e. The van der Waals surface area contributed by atoms with Crippen molar-refractivity contribution in [1.29, 1.82) is 0 Å². The van der Waals surface area contributed by atoms with Crippen LogP contribution in [-0.2, 0) is 13.5 Å². The molecule has 0 spiro atoms. The zero-order chi connectivity index (χ0) is 8.27. The van der Waals surface area contributed by atoms with Gasteiger partial charge in [-0.05, 0) is 25.3 Å². The van der Waals surface area contributed by atoms with Crippen molar-refractivity contribution in [2.45, 2.75) is 19.8 Å². The van der Waals surface area contributed by atoms with Gasteiger partial charge >= 0.3 is 0 Å². The van der Waals surface area contributed by atoms with E-state index in [9.17, 15) is 0 Å². The SMILES string of the molecule is Cc1nn(C)cc1CCCCl. The monoisotopic (exact) mass is 172 g/mol. The predicted octanol–water partition coefficient (Wildman–Crippen LogP) is 1.90. The lowest BCUT2D eigenvalue weighted by atomic mass is 10.1. The van der Waals surface area contributed by atoms with Crippen LogP contribution < -0.4 is 0 Å². The first-order valence-corrected chi connectivity index (χ1v) is 4.32. The molecule has 11 heavy (non-hydrogen) atoms. The molecule has 0 aliphatic carbocycles. The van der Waals surface area contributed by atoms with Crippen LogP contribution in [0.1, 0.15) is 17.7 Å². The molecule has 0 fully saturated rings. The van der Waals surface area contributed by atoms with Crippen LogP contribution in [0.4, 0.5) is 0 Å². The van der Waals surface area contributed by atoms with Gasteiger partial charge in [-0.1, -0.05) is 0 Å². The van der Waals surface area contributed by atoms with E-state index in [4.69, 9.17) is 11.6 Å². The maximum Gasteiger partial charge on any atom is 0.0625 e. The molecule has 0 aliphatic rings. The maximum absolute atomic E-state index is 5.58. The number of aromatic nitrogens is 2. The Kier molecular flexibility index (Phi) is 2.94. The molecule has 1 heterocycles. The van der Waals surface area contributed by atoms with Gasteiger partial charge < -0.3 is 0 Å². The third kappa shape index (κ3) is 2.22. The molecule has 0 aliphatic heterocycles. The van der Waals surface area contributed by atoms with Crippen LogP contribution in [0.3, 0.4) is 0 Å². The smallest absolute Gasteiger partial charge is 0.0625 e. The first-order chi connectivity index (χ1) is 5.24. The standard InChI is InChI=1S/C8H13ClN2/c1-7-8(4-3-5-9)6-11(2)10-7/h6H,3-5H2,1-2H3. The van der Waals surface area contributed by atoms with Crippen LogP contribution in [0.2, 0.25) is 0 Å². The summed E-state index contributed by atoms with van der Waals surface area (Å²) in [6, 6.07) is 0. The molecule has 0 radical (unpaired) electrons. The van der Waals surface area contributed by atoms with Gasteiger partial charge in [0.1, 0.15) is 0 Å². The Morgan fingerprint density at radius 1 is 1.64 bits per heavy atom. The molecule has 1 rings (SSSR count). The molecule has 1 aromatic heterocycles. The summed E-state index contributed by atoms with van der Waals surface area (Å²) in [7, 11) is 1.94. The molecule has 0 atom stereocenters. The van der Waals surface area contributed by atoms with Crippen molar-refractivity contribution in [3.05, 3.63) is 17.5 Å². The Morgan fingerprint density at radius 2 is 2.36 bits per heavy atom. The van der Waals surface area contributed by atoms with E-state index in [-0.39, 0.29) is 0 Å². The summed E-state index contributed by atoms with van der Waals surface area (Å²) in [4.78, 5) is 0. The first kappa shape index (κ1) is 8.60. The summed E-state index contributed by atoms with van der Waals surface area (Å²) < 4.78 is 1.85. The van der Waals surface area contributed by atoms with E-state index in [1.807, 2.05) is 18.7 Å². The van der Waals surface area contributed by atoms with E-state index in [0.717, 1.165) is 24.4 Å². The van der Waals surface area contributed by atoms with Gasteiger partial charge in [0.25, 0.3) is 0 Å². The predicted molar refractivity (Wildman–Crippen MR) is 47.0 cm³/mol. The van der Waals surface area contributed by atoms with Crippen molar-refractivity contribution in [2.24, 2.45) is 7.05 Å². The second kappa shape index (κ2) is 3.77. The second-order valence-corrected chi connectivity index (χ2v) is 3.08. The fourth-order valence-corrected chi connectivity index (χ4v) is 1.28. The average Bonchev–Trinajstić information content (AvgIpc) is 2.26. The van der Waals surface area contributed by atoms with Crippen molar-refractivity contribution in [3.63, 3.8) is 0 Å². The van der Waals surface area contributed by atoms with Crippen molar-refractivity contribution in [2.75, 3.05) is 5.88 Å². The van der Waals surface area contributed by atoms with Crippen LogP contribution in [0.15, 0.2) is 6.20 Å². The second-order valence-electron chi connectivity index (χ2n) is 2.71. The van der Waals surface area contributed by atoms with Crippen molar-refractivity contribution < 1.29 is 0 Å². The molecule has 0 saturated heterocycles. The summed E-state index contributed by atoms with van der Waals surface area (Å²) in [5.41, 5.74) is 2.44. The molecule has 0 N–H and O–H groups in total. The molecule has 2 nitrogen and oxygen atoms in total. The normalized spacial score (nSPS) is 10.5. The highest BCUT2D eigenvalue weighted by Crippen LogP contribution is 2.07. The molecule has 0 aromatic carbocycles. The van der Waals surface area contributed by atoms with Gasteiger partial charge in [-0.2, -0.15) is 5.10 Å². The van der Waals surface area contributed by atoms with E-state index in [0.29, 0.717) is 0 Å².